The van der Waals surface area contributed by atoms with Gasteiger partial charge in [-0.3, -0.25) is 4.79 Å². The Labute approximate surface area is 206 Å². The number of hydrogen-bond donors (Lipinski definition) is 1. The van der Waals surface area contributed by atoms with Gasteiger partial charge in [-0.15, -0.1) is 0 Å². The second-order valence-corrected chi connectivity index (χ2v) is 9.34. The summed E-state index contributed by atoms with van der Waals surface area (Å²) < 4.78 is 7.35. The minimum Gasteiger partial charge on any atom is -0.378 e. The molecular weight excluding hydrogens is 438 g/mol. The molecule has 1 aliphatic rings. The number of nitrogens with one attached hydrogen (secondary N) is 1. The summed E-state index contributed by atoms with van der Waals surface area (Å²) in [5, 5.41) is 1.02. The number of morpholine rings is 1. The highest BCUT2D eigenvalue weighted by Crippen LogP contribution is 2.30. The molecule has 1 fully saturated rings. The molecule has 7 heteroatoms. The number of aromatic nitrogens is 3. The third-order valence-corrected chi connectivity index (χ3v) is 6.94. The number of aryl methyl sites for hydroxylation is 1. The van der Waals surface area contributed by atoms with Gasteiger partial charge in [-0.25, -0.2) is 4.98 Å². The summed E-state index contributed by atoms with van der Waals surface area (Å²) in [5.41, 5.74) is 6.12. The van der Waals surface area contributed by atoms with Gasteiger partial charge in [-0.2, -0.15) is 0 Å². The van der Waals surface area contributed by atoms with Crippen LogP contribution in [0, 0.1) is 6.92 Å². The van der Waals surface area contributed by atoms with Crippen molar-refractivity contribution in [3.8, 4) is 11.1 Å². The third kappa shape index (κ3) is 4.88. The summed E-state index contributed by atoms with van der Waals surface area (Å²) in [6.07, 6.45) is 5.79. The van der Waals surface area contributed by atoms with Crippen molar-refractivity contribution >= 4 is 16.7 Å². The Kier molecular flexibility index (Phi) is 6.70. The highest BCUT2D eigenvalue weighted by Gasteiger charge is 2.19. The molecule has 5 rings (SSSR count). The van der Waals surface area contributed by atoms with Gasteiger partial charge in [0.25, 0.3) is 5.56 Å². The lowest BCUT2D eigenvalue weighted by Crippen LogP contribution is -2.36. The van der Waals surface area contributed by atoms with E-state index < -0.39 is 0 Å². The zero-order valence-corrected chi connectivity index (χ0v) is 20.7. The summed E-state index contributed by atoms with van der Waals surface area (Å²) >= 11 is 0. The van der Waals surface area contributed by atoms with Gasteiger partial charge in [0.1, 0.15) is 5.65 Å². The van der Waals surface area contributed by atoms with Gasteiger partial charge in [-0.1, -0.05) is 36.8 Å². The number of nitrogens with zero attached hydrogens (tertiary/aromatic N) is 4. The smallest absolute Gasteiger partial charge is 0.251 e. The van der Waals surface area contributed by atoms with Gasteiger partial charge >= 0.3 is 0 Å². The number of rotatable bonds is 7. The Morgan fingerprint density at radius 2 is 2.00 bits per heavy atom. The SMILES string of the molecule is CCN(C)C[C@H](c1cccc(C)c1)n1ccc(-c2c[nH]c3ncc(N4CCOCC4)cc23)cc1=O. The third-order valence-electron chi connectivity index (χ3n) is 6.94. The molecule has 182 valence electrons. The fourth-order valence-electron chi connectivity index (χ4n) is 4.80. The molecule has 0 unspecified atom stereocenters. The molecule has 0 amide bonds. The van der Waals surface area contributed by atoms with Crippen LogP contribution in [0.15, 0.2) is 65.8 Å². The Hall–Kier alpha value is -3.42. The van der Waals surface area contributed by atoms with Crippen molar-refractivity contribution < 1.29 is 4.74 Å². The van der Waals surface area contributed by atoms with Crippen molar-refractivity contribution in [2.24, 2.45) is 0 Å². The molecule has 7 nitrogen and oxygen atoms in total. The van der Waals surface area contributed by atoms with Crippen molar-refractivity contribution in [1.29, 1.82) is 0 Å². The van der Waals surface area contributed by atoms with Gasteiger partial charge in [0.15, 0.2) is 0 Å². The highest BCUT2D eigenvalue weighted by molar-refractivity contribution is 5.95. The maximum absolute atomic E-state index is 13.5. The molecule has 0 saturated carbocycles. The number of anilines is 1. The normalized spacial score (nSPS) is 15.1. The summed E-state index contributed by atoms with van der Waals surface area (Å²) in [4.78, 5) is 25.9. The molecule has 1 N–H and O–H groups in total. The molecular formula is C28H33N5O2. The van der Waals surface area contributed by atoms with Crippen LogP contribution in [-0.2, 0) is 4.74 Å². The zero-order valence-electron chi connectivity index (χ0n) is 20.7. The van der Waals surface area contributed by atoms with Crippen molar-refractivity contribution in [3.63, 3.8) is 0 Å². The molecule has 0 radical (unpaired) electrons. The molecule has 0 aliphatic carbocycles. The van der Waals surface area contributed by atoms with Crippen LogP contribution in [0.5, 0.6) is 0 Å². The zero-order chi connectivity index (χ0) is 24.4. The van der Waals surface area contributed by atoms with E-state index >= 15 is 0 Å². The minimum absolute atomic E-state index is 0.00912. The van der Waals surface area contributed by atoms with Gasteiger partial charge in [-0.05, 0) is 43.8 Å². The van der Waals surface area contributed by atoms with E-state index in [1.165, 1.54) is 5.56 Å². The van der Waals surface area contributed by atoms with E-state index in [1.54, 1.807) is 6.07 Å². The molecule has 4 heterocycles. The van der Waals surface area contributed by atoms with Crippen LogP contribution in [0.3, 0.4) is 0 Å². The summed E-state index contributed by atoms with van der Waals surface area (Å²) in [7, 11) is 2.09. The number of likely N-dealkylation sites (N-methyl/N-ethyl adjacent to an activating group) is 1. The van der Waals surface area contributed by atoms with Crippen molar-refractivity contribution in [2.45, 2.75) is 19.9 Å². The van der Waals surface area contributed by atoms with Gasteiger partial charge < -0.3 is 24.1 Å². The van der Waals surface area contributed by atoms with Crippen LogP contribution in [0.1, 0.15) is 24.1 Å². The predicted molar refractivity (Wildman–Crippen MR) is 141 cm³/mol. The van der Waals surface area contributed by atoms with Crippen LogP contribution in [0.2, 0.25) is 0 Å². The predicted octanol–water partition coefficient (Wildman–Crippen LogP) is 4.08. The molecule has 1 saturated heterocycles. The van der Waals surface area contributed by atoms with Crippen molar-refractivity contribution in [1.82, 2.24) is 19.4 Å². The standard InChI is InChI=1S/C28H33N5O2/c1-4-31(3)19-26(22-7-5-6-20(2)14-22)33-9-8-21(15-27(33)34)25-18-30-28-24(25)16-23(17-29-28)32-10-12-35-13-11-32/h5-9,14-18,26H,4,10-13,19H2,1-3H3,(H,29,30)/t26-/m1/s1. The first-order valence-electron chi connectivity index (χ1n) is 12.3. The highest BCUT2D eigenvalue weighted by atomic mass is 16.5. The fourth-order valence-corrected chi connectivity index (χ4v) is 4.80. The van der Waals surface area contributed by atoms with E-state index in [-0.39, 0.29) is 11.6 Å². The first-order chi connectivity index (χ1) is 17.0. The molecule has 3 aromatic heterocycles. The van der Waals surface area contributed by atoms with Gasteiger partial charge in [0.2, 0.25) is 0 Å². The maximum Gasteiger partial charge on any atom is 0.251 e. The van der Waals surface area contributed by atoms with Crippen molar-refractivity contribution in [2.75, 3.05) is 51.3 Å². The summed E-state index contributed by atoms with van der Waals surface area (Å²) in [6.45, 7) is 9.08. The Bertz CT molecular complexity index is 1370. The quantitative estimate of drug-likeness (QED) is 0.440. The van der Waals surface area contributed by atoms with E-state index in [0.29, 0.717) is 0 Å². The molecule has 4 aromatic rings. The second-order valence-electron chi connectivity index (χ2n) is 9.34. The first kappa shape index (κ1) is 23.3. The van der Waals surface area contributed by atoms with Crippen LogP contribution < -0.4 is 10.5 Å². The number of fused-ring (bicyclic) bond motifs is 1. The average Bonchev–Trinajstić information content (AvgIpc) is 3.31. The maximum atomic E-state index is 13.5. The van der Waals surface area contributed by atoms with Gasteiger partial charge in [0.05, 0.1) is 31.1 Å². The molecule has 0 spiro atoms. The minimum atomic E-state index is -0.0565. The number of benzene rings is 1. The number of aromatic amines is 1. The van der Waals surface area contributed by atoms with E-state index in [0.717, 1.165) is 72.8 Å². The average molecular weight is 472 g/mol. The monoisotopic (exact) mass is 471 g/mol. The number of pyridine rings is 2. The number of H-pyrrole nitrogens is 1. The Balaban J connectivity index is 1.52. The lowest BCUT2D eigenvalue weighted by Gasteiger charge is -2.28. The molecule has 0 bridgehead atoms. The Morgan fingerprint density at radius 1 is 1.17 bits per heavy atom. The van der Waals surface area contributed by atoms with E-state index in [9.17, 15) is 4.79 Å². The fraction of sp³-hybridized carbons (Fsp3) is 0.357. The van der Waals surface area contributed by atoms with Gasteiger partial charge in [0, 0.05) is 49.0 Å². The lowest BCUT2D eigenvalue weighted by molar-refractivity contribution is 0.122. The lowest BCUT2D eigenvalue weighted by atomic mass is 10.0. The summed E-state index contributed by atoms with van der Waals surface area (Å²) in [6, 6.07) is 14.3. The van der Waals surface area contributed by atoms with Crippen molar-refractivity contribution in [3.05, 3.63) is 82.5 Å². The van der Waals surface area contributed by atoms with E-state index in [4.69, 9.17) is 4.74 Å². The van der Waals surface area contributed by atoms with Crippen LogP contribution in [0.4, 0.5) is 5.69 Å². The molecule has 35 heavy (non-hydrogen) atoms. The molecule has 1 aliphatic heterocycles. The first-order valence-corrected chi connectivity index (χ1v) is 12.3. The van der Waals surface area contributed by atoms with Crippen LogP contribution in [-0.4, -0.2) is 65.9 Å². The Morgan fingerprint density at radius 3 is 2.74 bits per heavy atom. The van der Waals surface area contributed by atoms with E-state index in [2.05, 4.69) is 71.0 Å². The largest absolute Gasteiger partial charge is 0.378 e. The number of ether oxygens (including phenoxy) is 1. The second kappa shape index (κ2) is 10.1. The number of hydrogen-bond acceptors (Lipinski definition) is 5. The molecule has 1 atom stereocenters. The summed E-state index contributed by atoms with van der Waals surface area (Å²) in [5.74, 6) is 0. The molecule has 1 aromatic carbocycles. The van der Waals surface area contributed by atoms with Crippen LogP contribution in [0.25, 0.3) is 22.2 Å². The van der Waals surface area contributed by atoms with E-state index in [1.807, 2.05) is 29.2 Å². The topological polar surface area (TPSA) is 66.4 Å². The van der Waals surface area contributed by atoms with Crippen LogP contribution >= 0.6 is 0 Å².